The van der Waals surface area contributed by atoms with Crippen molar-refractivity contribution in [2.45, 2.75) is 20.3 Å². The first-order chi connectivity index (χ1) is 7.29. The van der Waals surface area contributed by atoms with Crippen molar-refractivity contribution in [2.24, 2.45) is 0 Å². The third kappa shape index (κ3) is 2.24. The highest BCUT2D eigenvalue weighted by Gasteiger charge is 1.97. The van der Waals surface area contributed by atoms with E-state index in [0.717, 1.165) is 12.1 Å². The topological polar surface area (TPSA) is 12.9 Å². The van der Waals surface area contributed by atoms with Crippen LogP contribution in [0.3, 0.4) is 0 Å². The van der Waals surface area contributed by atoms with E-state index in [1.807, 2.05) is 19.2 Å². The molecule has 1 nitrogen and oxygen atoms in total. The van der Waals surface area contributed by atoms with Gasteiger partial charge in [0, 0.05) is 17.5 Å². The van der Waals surface area contributed by atoms with Gasteiger partial charge >= 0.3 is 0 Å². The highest BCUT2D eigenvalue weighted by atomic mass is 14.7. The molecule has 0 N–H and O–H groups in total. The summed E-state index contributed by atoms with van der Waals surface area (Å²) in [6.07, 6.45) is 3.02. The number of aromatic nitrogens is 1. The predicted molar refractivity (Wildman–Crippen MR) is 63.8 cm³/mol. The summed E-state index contributed by atoms with van der Waals surface area (Å²) in [5.74, 6) is 0. The first-order valence-corrected chi connectivity index (χ1v) is 5.31. The lowest BCUT2D eigenvalue weighted by molar-refractivity contribution is 1.14. The molecule has 1 aromatic heterocycles. The normalized spacial score (nSPS) is 10.3. The van der Waals surface area contributed by atoms with Crippen molar-refractivity contribution in [2.75, 3.05) is 0 Å². The van der Waals surface area contributed by atoms with Crippen LogP contribution >= 0.6 is 0 Å². The van der Waals surface area contributed by atoms with E-state index in [4.69, 9.17) is 0 Å². The first kappa shape index (κ1) is 9.91. The summed E-state index contributed by atoms with van der Waals surface area (Å²) < 4.78 is 0. The predicted octanol–water partition coefficient (Wildman–Crippen LogP) is 3.62. The van der Waals surface area contributed by atoms with Crippen LogP contribution in [0.25, 0.3) is 11.1 Å². The summed E-state index contributed by atoms with van der Waals surface area (Å²) in [4.78, 5) is 4.30. The van der Waals surface area contributed by atoms with Gasteiger partial charge < -0.3 is 0 Å². The van der Waals surface area contributed by atoms with E-state index in [1.54, 1.807) is 0 Å². The Morgan fingerprint density at radius 3 is 2.13 bits per heavy atom. The molecule has 0 saturated carbocycles. The Balaban J connectivity index is 2.33. The van der Waals surface area contributed by atoms with Crippen LogP contribution in [0.5, 0.6) is 0 Å². The average molecular weight is 197 g/mol. The van der Waals surface area contributed by atoms with Crippen molar-refractivity contribution in [3.63, 3.8) is 0 Å². The number of hydrogen-bond donors (Lipinski definition) is 0. The zero-order valence-electron chi connectivity index (χ0n) is 9.20. The molecule has 0 saturated heterocycles. The standard InChI is InChI=1S/C14H15N/c1-3-12-5-8-13(9-6-12)14-7-4-11(2)15-10-14/h4-10H,3H2,1-2H3. The van der Waals surface area contributed by atoms with E-state index in [1.165, 1.54) is 16.7 Å². The zero-order valence-corrected chi connectivity index (χ0v) is 9.20. The SMILES string of the molecule is CCc1ccc(-c2ccc(C)nc2)cc1. The number of rotatable bonds is 2. The highest BCUT2D eigenvalue weighted by molar-refractivity contribution is 5.62. The van der Waals surface area contributed by atoms with Crippen LogP contribution in [0.15, 0.2) is 42.6 Å². The summed E-state index contributed by atoms with van der Waals surface area (Å²) in [6, 6.07) is 12.8. The number of aryl methyl sites for hydroxylation is 2. The molecule has 0 atom stereocenters. The summed E-state index contributed by atoms with van der Waals surface area (Å²) in [6.45, 7) is 4.17. The van der Waals surface area contributed by atoms with Gasteiger partial charge in [-0.15, -0.1) is 0 Å². The highest BCUT2D eigenvalue weighted by Crippen LogP contribution is 2.19. The van der Waals surface area contributed by atoms with Crippen LogP contribution in [-0.2, 0) is 6.42 Å². The maximum atomic E-state index is 4.30. The van der Waals surface area contributed by atoms with E-state index in [2.05, 4.69) is 42.2 Å². The Kier molecular flexibility index (Phi) is 2.82. The third-order valence-corrected chi connectivity index (χ3v) is 2.61. The number of hydrogen-bond acceptors (Lipinski definition) is 1. The fraction of sp³-hybridized carbons (Fsp3) is 0.214. The van der Waals surface area contributed by atoms with E-state index in [9.17, 15) is 0 Å². The van der Waals surface area contributed by atoms with Gasteiger partial charge in [-0.1, -0.05) is 37.3 Å². The molecule has 0 aliphatic heterocycles. The summed E-state index contributed by atoms with van der Waals surface area (Å²) >= 11 is 0. The van der Waals surface area contributed by atoms with Crippen molar-refractivity contribution in [1.82, 2.24) is 4.98 Å². The Morgan fingerprint density at radius 1 is 0.933 bits per heavy atom. The number of nitrogens with zero attached hydrogens (tertiary/aromatic N) is 1. The minimum Gasteiger partial charge on any atom is -0.261 e. The molecule has 0 aliphatic carbocycles. The second kappa shape index (κ2) is 4.26. The summed E-state index contributed by atoms with van der Waals surface area (Å²) in [7, 11) is 0. The molecule has 0 amide bonds. The van der Waals surface area contributed by atoms with Crippen molar-refractivity contribution in [3.05, 3.63) is 53.9 Å². The molecule has 0 fully saturated rings. The molecule has 0 spiro atoms. The molecular weight excluding hydrogens is 182 g/mol. The molecule has 1 aromatic carbocycles. The molecule has 15 heavy (non-hydrogen) atoms. The van der Waals surface area contributed by atoms with Crippen LogP contribution in [-0.4, -0.2) is 4.98 Å². The van der Waals surface area contributed by atoms with Crippen LogP contribution in [0.4, 0.5) is 0 Å². The Bertz CT molecular complexity index is 426. The second-order valence-corrected chi connectivity index (χ2v) is 3.74. The maximum absolute atomic E-state index is 4.30. The van der Waals surface area contributed by atoms with Gasteiger partial charge in [-0.2, -0.15) is 0 Å². The largest absolute Gasteiger partial charge is 0.261 e. The monoisotopic (exact) mass is 197 g/mol. The van der Waals surface area contributed by atoms with E-state index < -0.39 is 0 Å². The zero-order chi connectivity index (χ0) is 10.7. The van der Waals surface area contributed by atoms with Crippen molar-refractivity contribution < 1.29 is 0 Å². The number of pyridine rings is 1. The lowest BCUT2D eigenvalue weighted by atomic mass is 10.0. The molecule has 0 radical (unpaired) electrons. The summed E-state index contributed by atoms with van der Waals surface area (Å²) in [5.41, 5.74) is 4.85. The Morgan fingerprint density at radius 2 is 1.60 bits per heavy atom. The van der Waals surface area contributed by atoms with E-state index in [-0.39, 0.29) is 0 Å². The average Bonchev–Trinajstić information content (AvgIpc) is 2.30. The van der Waals surface area contributed by atoms with Gasteiger partial charge in [-0.25, -0.2) is 0 Å². The summed E-state index contributed by atoms with van der Waals surface area (Å²) in [5, 5.41) is 0. The molecule has 0 unspecified atom stereocenters. The first-order valence-electron chi connectivity index (χ1n) is 5.31. The van der Waals surface area contributed by atoms with E-state index in [0.29, 0.717) is 0 Å². The third-order valence-electron chi connectivity index (χ3n) is 2.61. The van der Waals surface area contributed by atoms with Crippen LogP contribution < -0.4 is 0 Å². The van der Waals surface area contributed by atoms with Crippen molar-refractivity contribution in [1.29, 1.82) is 0 Å². The maximum Gasteiger partial charge on any atom is 0.0373 e. The Labute approximate surface area is 90.8 Å². The van der Waals surface area contributed by atoms with Crippen molar-refractivity contribution in [3.8, 4) is 11.1 Å². The van der Waals surface area contributed by atoms with Gasteiger partial charge in [0.1, 0.15) is 0 Å². The molecule has 1 heteroatoms. The Hall–Kier alpha value is -1.63. The fourth-order valence-electron chi connectivity index (χ4n) is 1.57. The molecule has 76 valence electrons. The minimum absolute atomic E-state index is 1.06. The van der Waals surface area contributed by atoms with Crippen LogP contribution in [0, 0.1) is 6.92 Å². The molecular formula is C14H15N. The fourth-order valence-corrected chi connectivity index (χ4v) is 1.57. The number of benzene rings is 1. The minimum atomic E-state index is 1.06. The molecule has 1 heterocycles. The second-order valence-electron chi connectivity index (χ2n) is 3.74. The van der Waals surface area contributed by atoms with Crippen LogP contribution in [0.1, 0.15) is 18.2 Å². The van der Waals surface area contributed by atoms with Gasteiger partial charge in [-0.3, -0.25) is 4.98 Å². The van der Waals surface area contributed by atoms with Gasteiger partial charge in [-0.05, 0) is 30.5 Å². The van der Waals surface area contributed by atoms with E-state index >= 15 is 0 Å². The van der Waals surface area contributed by atoms with Crippen molar-refractivity contribution >= 4 is 0 Å². The smallest absolute Gasteiger partial charge is 0.0373 e. The lowest BCUT2D eigenvalue weighted by Gasteiger charge is -2.02. The van der Waals surface area contributed by atoms with Gasteiger partial charge in [0.25, 0.3) is 0 Å². The molecule has 2 aromatic rings. The molecule has 2 rings (SSSR count). The van der Waals surface area contributed by atoms with Gasteiger partial charge in [0.05, 0.1) is 0 Å². The molecule has 0 aliphatic rings. The quantitative estimate of drug-likeness (QED) is 0.716. The van der Waals surface area contributed by atoms with Crippen LogP contribution in [0.2, 0.25) is 0 Å². The molecule has 0 bridgehead atoms. The van der Waals surface area contributed by atoms with Gasteiger partial charge in [0.15, 0.2) is 0 Å². The lowest BCUT2D eigenvalue weighted by Crippen LogP contribution is -1.84. The van der Waals surface area contributed by atoms with Gasteiger partial charge in [0.2, 0.25) is 0 Å².